The Labute approximate surface area is 151 Å². The highest BCUT2D eigenvalue weighted by molar-refractivity contribution is 8.13. The zero-order valence-corrected chi connectivity index (χ0v) is 15.6. The van der Waals surface area contributed by atoms with E-state index in [1.54, 1.807) is 11.8 Å². The van der Waals surface area contributed by atoms with Crippen molar-refractivity contribution in [1.82, 2.24) is 5.32 Å². The van der Waals surface area contributed by atoms with Gasteiger partial charge in [0.15, 0.2) is 5.12 Å². The number of thioether (sulfide) groups is 2. The molecule has 0 fully saturated rings. The predicted octanol–water partition coefficient (Wildman–Crippen LogP) is 1.85. The van der Waals surface area contributed by atoms with Gasteiger partial charge in [-0.2, -0.15) is 11.8 Å². The molecular weight excluding hydrogens is 344 g/mol. The van der Waals surface area contributed by atoms with Crippen molar-refractivity contribution >= 4 is 40.5 Å². The predicted molar refractivity (Wildman–Crippen MR) is 101 cm³/mol. The summed E-state index contributed by atoms with van der Waals surface area (Å²) < 4.78 is 0. The third-order valence-electron chi connectivity index (χ3n) is 3.45. The van der Waals surface area contributed by atoms with Gasteiger partial charge in [-0.3, -0.25) is 14.4 Å². The largest absolute Gasteiger partial charge is 0.368 e. The molecule has 0 aliphatic heterocycles. The summed E-state index contributed by atoms with van der Waals surface area (Å²) in [6, 6.07) is 8.94. The van der Waals surface area contributed by atoms with Crippen molar-refractivity contribution in [2.75, 3.05) is 17.8 Å². The summed E-state index contributed by atoms with van der Waals surface area (Å²) in [4.78, 5) is 35.4. The number of rotatable bonds is 10. The van der Waals surface area contributed by atoms with E-state index in [9.17, 15) is 14.4 Å². The van der Waals surface area contributed by atoms with Gasteiger partial charge in [0.1, 0.15) is 6.04 Å². The Morgan fingerprint density at radius 3 is 2.42 bits per heavy atom. The van der Waals surface area contributed by atoms with Gasteiger partial charge in [0.25, 0.3) is 0 Å². The number of nitrogens with one attached hydrogen (secondary N) is 1. The van der Waals surface area contributed by atoms with Crippen LogP contribution in [0.15, 0.2) is 30.3 Å². The van der Waals surface area contributed by atoms with E-state index in [0.717, 1.165) is 23.1 Å². The van der Waals surface area contributed by atoms with Crippen molar-refractivity contribution in [2.45, 2.75) is 25.8 Å². The SMILES string of the molecule is CSCC[C@H](NC(=O)C(CSC(C)=O)Cc1ccccc1)C(N)=O. The number of hydrogen-bond acceptors (Lipinski definition) is 5. The molecule has 1 aromatic rings. The van der Waals surface area contributed by atoms with Crippen LogP contribution in [0, 0.1) is 5.92 Å². The van der Waals surface area contributed by atoms with Crippen LogP contribution >= 0.6 is 23.5 Å². The minimum absolute atomic E-state index is 0.0327. The standard InChI is InChI=1S/C17H24N2O3S2/c1-12(20)24-11-14(10-13-6-4-3-5-7-13)17(22)19-15(16(18)21)8-9-23-2/h3-7,14-15H,8-11H2,1-2H3,(H2,18,21)(H,19,22)/t14?,15-/m0/s1. The molecule has 0 aliphatic rings. The lowest BCUT2D eigenvalue weighted by atomic mass is 9.99. The van der Waals surface area contributed by atoms with Crippen molar-refractivity contribution < 1.29 is 14.4 Å². The zero-order chi connectivity index (χ0) is 17.9. The van der Waals surface area contributed by atoms with Crippen LogP contribution in [0.5, 0.6) is 0 Å². The van der Waals surface area contributed by atoms with Crippen molar-refractivity contribution in [3.05, 3.63) is 35.9 Å². The second kappa shape index (κ2) is 11.1. The molecule has 1 unspecified atom stereocenters. The average molecular weight is 369 g/mol. The maximum atomic E-state index is 12.6. The number of primary amides is 1. The fraction of sp³-hybridized carbons (Fsp3) is 0.471. The lowest BCUT2D eigenvalue weighted by Gasteiger charge is -2.20. The molecule has 0 bridgehead atoms. The lowest BCUT2D eigenvalue weighted by Crippen LogP contribution is -2.47. The lowest BCUT2D eigenvalue weighted by molar-refractivity contribution is -0.129. The van der Waals surface area contributed by atoms with Crippen LogP contribution in [0.3, 0.4) is 0 Å². The van der Waals surface area contributed by atoms with Crippen molar-refractivity contribution in [1.29, 1.82) is 0 Å². The Morgan fingerprint density at radius 2 is 1.88 bits per heavy atom. The van der Waals surface area contributed by atoms with Crippen LogP contribution in [-0.2, 0) is 20.8 Å². The highest BCUT2D eigenvalue weighted by Crippen LogP contribution is 2.16. The number of carbonyl (C=O) groups excluding carboxylic acids is 3. The molecule has 2 atom stereocenters. The quantitative estimate of drug-likeness (QED) is 0.658. The van der Waals surface area contributed by atoms with E-state index in [0.29, 0.717) is 18.6 Å². The van der Waals surface area contributed by atoms with Crippen molar-refractivity contribution in [3.63, 3.8) is 0 Å². The Balaban J connectivity index is 2.77. The van der Waals surface area contributed by atoms with Crippen LogP contribution in [0.2, 0.25) is 0 Å². The molecule has 7 heteroatoms. The van der Waals surface area contributed by atoms with Gasteiger partial charge in [-0.15, -0.1) is 0 Å². The van der Waals surface area contributed by atoms with E-state index < -0.39 is 17.9 Å². The van der Waals surface area contributed by atoms with Gasteiger partial charge < -0.3 is 11.1 Å². The fourth-order valence-electron chi connectivity index (χ4n) is 2.15. The Kier molecular flexibility index (Phi) is 9.56. The van der Waals surface area contributed by atoms with Crippen LogP contribution in [-0.4, -0.2) is 40.7 Å². The Bertz CT molecular complexity index is 552. The minimum Gasteiger partial charge on any atom is -0.368 e. The highest BCUT2D eigenvalue weighted by Gasteiger charge is 2.24. The highest BCUT2D eigenvalue weighted by atomic mass is 32.2. The second-order valence-corrected chi connectivity index (χ2v) is 7.62. The van der Waals surface area contributed by atoms with Crippen LogP contribution < -0.4 is 11.1 Å². The fourth-order valence-corrected chi connectivity index (χ4v) is 3.33. The molecule has 1 aromatic carbocycles. The summed E-state index contributed by atoms with van der Waals surface area (Å²) in [5.41, 5.74) is 6.39. The molecule has 0 radical (unpaired) electrons. The van der Waals surface area contributed by atoms with E-state index in [2.05, 4.69) is 5.32 Å². The van der Waals surface area contributed by atoms with Crippen molar-refractivity contribution in [3.8, 4) is 0 Å². The molecule has 0 saturated carbocycles. The summed E-state index contributed by atoms with van der Waals surface area (Å²) in [7, 11) is 0. The minimum atomic E-state index is -0.675. The van der Waals surface area contributed by atoms with Crippen LogP contribution in [0.25, 0.3) is 0 Å². The van der Waals surface area contributed by atoms with E-state index in [4.69, 9.17) is 5.73 Å². The summed E-state index contributed by atoms with van der Waals surface area (Å²) >= 11 is 2.71. The number of hydrogen-bond donors (Lipinski definition) is 2. The molecule has 2 amide bonds. The van der Waals surface area contributed by atoms with Gasteiger partial charge in [0, 0.05) is 12.7 Å². The first-order chi connectivity index (χ1) is 11.4. The van der Waals surface area contributed by atoms with Gasteiger partial charge in [-0.1, -0.05) is 42.1 Å². The summed E-state index contributed by atoms with van der Waals surface area (Å²) in [5, 5.41) is 2.71. The first-order valence-electron chi connectivity index (χ1n) is 7.70. The van der Waals surface area contributed by atoms with E-state index in [1.807, 2.05) is 36.6 Å². The van der Waals surface area contributed by atoms with Gasteiger partial charge in [0.05, 0.1) is 5.92 Å². The second-order valence-electron chi connectivity index (χ2n) is 5.43. The molecule has 0 aromatic heterocycles. The molecule has 0 aliphatic carbocycles. The number of nitrogens with two attached hydrogens (primary N) is 1. The molecule has 3 N–H and O–H groups in total. The maximum absolute atomic E-state index is 12.6. The molecule has 1 rings (SSSR count). The van der Waals surface area contributed by atoms with Gasteiger partial charge in [-0.05, 0) is 30.4 Å². The number of amides is 2. The molecular formula is C17H24N2O3S2. The van der Waals surface area contributed by atoms with Crippen LogP contribution in [0.1, 0.15) is 18.9 Å². The van der Waals surface area contributed by atoms with E-state index in [-0.39, 0.29) is 11.0 Å². The summed E-state index contributed by atoms with van der Waals surface area (Å²) in [6.07, 6.45) is 2.95. The molecule has 24 heavy (non-hydrogen) atoms. The smallest absolute Gasteiger partial charge is 0.240 e. The third-order valence-corrected chi connectivity index (χ3v) is 5.07. The molecule has 5 nitrogen and oxygen atoms in total. The maximum Gasteiger partial charge on any atom is 0.240 e. The molecule has 0 spiro atoms. The topological polar surface area (TPSA) is 89.3 Å². The molecule has 132 valence electrons. The van der Waals surface area contributed by atoms with Gasteiger partial charge in [-0.25, -0.2) is 0 Å². The van der Waals surface area contributed by atoms with E-state index >= 15 is 0 Å². The molecule has 0 saturated heterocycles. The monoisotopic (exact) mass is 368 g/mol. The number of carbonyl (C=O) groups is 3. The molecule has 0 heterocycles. The Hall–Kier alpha value is -1.47. The van der Waals surface area contributed by atoms with Gasteiger partial charge in [0.2, 0.25) is 11.8 Å². The summed E-state index contributed by atoms with van der Waals surface area (Å²) in [5.74, 6) is -0.0474. The van der Waals surface area contributed by atoms with Crippen LogP contribution in [0.4, 0.5) is 0 Å². The van der Waals surface area contributed by atoms with E-state index in [1.165, 1.54) is 6.92 Å². The zero-order valence-electron chi connectivity index (χ0n) is 14.0. The number of benzene rings is 1. The summed E-state index contributed by atoms with van der Waals surface area (Å²) in [6.45, 7) is 1.48. The van der Waals surface area contributed by atoms with Gasteiger partial charge >= 0.3 is 0 Å². The van der Waals surface area contributed by atoms with Crippen molar-refractivity contribution in [2.24, 2.45) is 11.7 Å². The Morgan fingerprint density at radius 1 is 1.21 bits per heavy atom. The first-order valence-corrected chi connectivity index (χ1v) is 10.1. The third kappa shape index (κ3) is 7.88. The first kappa shape index (κ1) is 20.6. The normalized spacial score (nSPS) is 13.1. The average Bonchev–Trinajstić information content (AvgIpc) is 2.55.